The molecule has 1 fully saturated rings. The first-order chi connectivity index (χ1) is 12.9. The third kappa shape index (κ3) is 3.93. The fraction of sp³-hybridized carbons (Fsp3) is 0.522. The number of piperidine rings is 1. The summed E-state index contributed by atoms with van der Waals surface area (Å²) >= 11 is 3.48. The van der Waals surface area contributed by atoms with Crippen molar-refractivity contribution < 1.29 is 4.74 Å². The van der Waals surface area contributed by atoms with E-state index in [1.807, 2.05) is 6.20 Å². The van der Waals surface area contributed by atoms with Crippen LogP contribution in [-0.2, 0) is 11.8 Å². The van der Waals surface area contributed by atoms with E-state index >= 15 is 0 Å². The number of aromatic nitrogens is 1. The first kappa shape index (κ1) is 18.9. The number of pyridine rings is 1. The van der Waals surface area contributed by atoms with Crippen molar-refractivity contribution in [2.24, 2.45) is 0 Å². The largest absolute Gasteiger partial charge is 0.487 e. The van der Waals surface area contributed by atoms with Crippen LogP contribution in [0.4, 0.5) is 0 Å². The number of benzene rings is 1. The third-order valence-electron chi connectivity index (χ3n) is 6.14. The lowest BCUT2D eigenvalue weighted by Crippen LogP contribution is -2.54. The summed E-state index contributed by atoms with van der Waals surface area (Å²) in [5.41, 5.74) is 5.01. The fourth-order valence-electron chi connectivity index (χ4n) is 4.29. The van der Waals surface area contributed by atoms with Crippen LogP contribution >= 0.6 is 15.9 Å². The third-order valence-corrected chi connectivity index (χ3v) is 6.78. The van der Waals surface area contributed by atoms with Crippen molar-refractivity contribution in [1.82, 2.24) is 9.88 Å². The maximum atomic E-state index is 6.60. The lowest BCUT2D eigenvalue weighted by molar-refractivity contribution is -0.0355. The lowest BCUT2D eigenvalue weighted by atomic mass is 9.81. The van der Waals surface area contributed by atoms with Gasteiger partial charge in [0.2, 0.25) is 0 Å². The zero-order valence-corrected chi connectivity index (χ0v) is 18.2. The molecule has 0 N–H and O–H groups in total. The van der Waals surface area contributed by atoms with E-state index in [9.17, 15) is 0 Å². The molecule has 1 aromatic carbocycles. The summed E-state index contributed by atoms with van der Waals surface area (Å²) < 4.78 is 6.60. The first-order valence-electron chi connectivity index (χ1n) is 9.97. The molecular formula is C23H29BrN2O. The van der Waals surface area contributed by atoms with Gasteiger partial charge in [0.05, 0.1) is 5.69 Å². The van der Waals surface area contributed by atoms with Gasteiger partial charge >= 0.3 is 0 Å². The van der Waals surface area contributed by atoms with Gasteiger partial charge in [-0.2, -0.15) is 0 Å². The molecule has 0 amide bonds. The quantitative estimate of drug-likeness (QED) is 0.581. The number of hydrogen-bond donors (Lipinski definition) is 0. The summed E-state index contributed by atoms with van der Waals surface area (Å²) in [5, 5.41) is 0.840. The van der Waals surface area contributed by atoms with Crippen molar-refractivity contribution in [2.75, 3.05) is 13.1 Å². The molecule has 0 aliphatic carbocycles. The van der Waals surface area contributed by atoms with Gasteiger partial charge in [-0.1, -0.05) is 22.0 Å². The van der Waals surface area contributed by atoms with Gasteiger partial charge in [-0.3, -0.25) is 9.88 Å². The highest BCUT2D eigenvalue weighted by Gasteiger charge is 2.41. The molecular weight excluding hydrogens is 400 g/mol. The minimum atomic E-state index is 0.0338. The van der Waals surface area contributed by atoms with Crippen molar-refractivity contribution in [3.8, 4) is 17.0 Å². The van der Waals surface area contributed by atoms with Crippen molar-refractivity contribution in [3.63, 3.8) is 0 Å². The van der Waals surface area contributed by atoms with Crippen molar-refractivity contribution in [1.29, 1.82) is 0 Å². The van der Waals surface area contributed by atoms with E-state index in [1.165, 1.54) is 16.7 Å². The number of nitrogens with zero attached hydrogens (tertiary/aromatic N) is 2. The van der Waals surface area contributed by atoms with E-state index < -0.39 is 0 Å². The summed E-state index contributed by atoms with van der Waals surface area (Å²) in [6.07, 6.45) is 6.41. The maximum absolute atomic E-state index is 6.60. The summed E-state index contributed by atoms with van der Waals surface area (Å²) in [7, 11) is 0. The molecule has 0 radical (unpaired) electrons. The number of alkyl halides is 1. The first-order valence-corrected chi connectivity index (χ1v) is 11.1. The van der Waals surface area contributed by atoms with Crippen LogP contribution in [0.1, 0.15) is 51.2 Å². The highest BCUT2D eigenvalue weighted by atomic mass is 79.9. The average Bonchev–Trinajstić information content (AvgIpc) is 2.67. The maximum Gasteiger partial charge on any atom is 0.123 e. The number of rotatable bonds is 2. The van der Waals surface area contributed by atoms with E-state index in [-0.39, 0.29) is 11.1 Å². The van der Waals surface area contributed by atoms with E-state index in [1.54, 1.807) is 0 Å². The van der Waals surface area contributed by atoms with E-state index in [2.05, 4.69) is 76.9 Å². The summed E-state index contributed by atoms with van der Waals surface area (Å²) in [6.45, 7) is 9.17. The predicted octanol–water partition coefficient (Wildman–Crippen LogP) is 5.60. The Morgan fingerprint density at radius 3 is 2.52 bits per heavy atom. The Morgan fingerprint density at radius 1 is 1.11 bits per heavy atom. The second kappa shape index (κ2) is 7.21. The SMILES string of the molecule is CC(C)(C)N1CCC2(CCc3cc(-c4ccc(CBr)cn4)ccc3O2)CC1. The van der Waals surface area contributed by atoms with Crippen LogP contribution in [0, 0.1) is 0 Å². The molecule has 3 heterocycles. The number of likely N-dealkylation sites (tertiary alicyclic amines) is 1. The predicted molar refractivity (Wildman–Crippen MR) is 115 cm³/mol. The van der Waals surface area contributed by atoms with E-state index in [0.29, 0.717) is 0 Å². The Labute approximate surface area is 171 Å². The minimum absolute atomic E-state index is 0.0338. The van der Waals surface area contributed by atoms with Crippen LogP contribution in [0.3, 0.4) is 0 Å². The van der Waals surface area contributed by atoms with Gasteiger partial charge in [-0.15, -0.1) is 0 Å². The smallest absolute Gasteiger partial charge is 0.123 e. The minimum Gasteiger partial charge on any atom is -0.487 e. The number of aryl methyl sites for hydroxylation is 1. The lowest BCUT2D eigenvalue weighted by Gasteiger charge is -2.48. The molecule has 0 atom stereocenters. The highest BCUT2D eigenvalue weighted by Crippen LogP contribution is 2.41. The Kier molecular flexibility index (Phi) is 5.06. The van der Waals surface area contributed by atoms with Crippen LogP contribution in [-0.4, -0.2) is 34.1 Å². The van der Waals surface area contributed by atoms with Crippen LogP contribution in [0.2, 0.25) is 0 Å². The summed E-state index contributed by atoms with van der Waals surface area (Å²) in [5.74, 6) is 1.08. The number of fused-ring (bicyclic) bond motifs is 1. The molecule has 2 aliphatic rings. The molecule has 4 heteroatoms. The van der Waals surface area contributed by atoms with Gasteiger partial charge < -0.3 is 4.74 Å². The number of ether oxygens (including phenoxy) is 1. The highest BCUT2D eigenvalue weighted by molar-refractivity contribution is 9.08. The van der Waals surface area contributed by atoms with Crippen LogP contribution in [0.5, 0.6) is 5.75 Å². The Morgan fingerprint density at radius 2 is 1.89 bits per heavy atom. The summed E-state index contributed by atoms with van der Waals surface area (Å²) in [6, 6.07) is 10.8. The molecule has 0 saturated carbocycles. The number of halogens is 1. The van der Waals surface area contributed by atoms with Crippen molar-refractivity contribution in [2.45, 2.75) is 62.9 Å². The molecule has 1 spiro atoms. The molecule has 2 aliphatic heterocycles. The molecule has 2 aromatic rings. The van der Waals surface area contributed by atoms with Gasteiger partial charge in [0.1, 0.15) is 11.4 Å². The number of hydrogen-bond acceptors (Lipinski definition) is 3. The Hall–Kier alpha value is -1.39. The second-order valence-corrected chi connectivity index (χ2v) is 9.51. The molecule has 144 valence electrons. The van der Waals surface area contributed by atoms with Gasteiger partial charge in [0.25, 0.3) is 0 Å². The molecule has 1 saturated heterocycles. The van der Waals surface area contributed by atoms with E-state index in [0.717, 1.165) is 55.5 Å². The second-order valence-electron chi connectivity index (χ2n) is 8.95. The van der Waals surface area contributed by atoms with E-state index in [4.69, 9.17) is 4.74 Å². The van der Waals surface area contributed by atoms with Crippen LogP contribution in [0.25, 0.3) is 11.3 Å². The Bertz CT molecular complexity index is 802. The normalized spacial score (nSPS) is 19.6. The molecule has 27 heavy (non-hydrogen) atoms. The molecule has 0 unspecified atom stereocenters. The van der Waals surface area contributed by atoms with Crippen LogP contribution in [0.15, 0.2) is 36.5 Å². The zero-order valence-electron chi connectivity index (χ0n) is 16.6. The summed E-state index contributed by atoms with van der Waals surface area (Å²) in [4.78, 5) is 7.19. The van der Waals surface area contributed by atoms with Crippen molar-refractivity contribution in [3.05, 3.63) is 47.7 Å². The van der Waals surface area contributed by atoms with Crippen LogP contribution < -0.4 is 4.74 Å². The monoisotopic (exact) mass is 428 g/mol. The standard InChI is InChI=1S/C23H29BrN2O/c1-22(2,3)26-12-10-23(11-13-26)9-8-19-14-18(5-7-21(19)27-23)20-6-4-17(15-24)16-25-20/h4-7,14,16H,8-13,15H2,1-3H3. The zero-order chi connectivity index (χ0) is 19.1. The molecule has 0 bridgehead atoms. The molecule has 4 rings (SSSR count). The van der Waals surface area contributed by atoms with Gasteiger partial charge in [-0.25, -0.2) is 0 Å². The Balaban J connectivity index is 1.50. The molecule has 3 nitrogen and oxygen atoms in total. The topological polar surface area (TPSA) is 25.4 Å². The fourth-order valence-corrected chi connectivity index (χ4v) is 4.62. The van der Waals surface area contributed by atoms with Gasteiger partial charge in [0, 0.05) is 35.7 Å². The van der Waals surface area contributed by atoms with Gasteiger partial charge in [0.15, 0.2) is 0 Å². The van der Waals surface area contributed by atoms with Gasteiger partial charge in [-0.05, 0) is 81.8 Å². The average molecular weight is 429 g/mol. The van der Waals surface area contributed by atoms with Crippen molar-refractivity contribution >= 4 is 15.9 Å². The molecule has 1 aromatic heterocycles.